The number of nitrogens with one attached hydrogen (secondary N) is 1. The summed E-state index contributed by atoms with van der Waals surface area (Å²) in [7, 11) is -5.12. The predicted molar refractivity (Wildman–Crippen MR) is 247 cm³/mol. The summed E-state index contributed by atoms with van der Waals surface area (Å²) in [6.07, 6.45) is 32.7. The van der Waals surface area contributed by atoms with E-state index < -0.39 is 78.5 Å². The lowest BCUT2D eigenvalue weighted by atomic mass is 9.99. The zero-order valence-electron chi connectivity index (χ0n) is 38.8. The number of hydrogen-bond donors (Lipinski definition) is 7. The topological polar surface area (TPSA) is 212 Å². The molecule has 0 radical (unpaired) electrons. The molecule has 1 aliphatic rings. The van der Waals surface area contributed by atoms with Gasteiger partial charge in [0.15, 0.2) is 6.29 Å². The zero-order valence-corrected chi connectivity index (χ0v) is 39.6. The number of unbranched alkanes of at least 4 members (excludes halogenated alkanes) is 27. The van der Waals surface area contributed by atoms with Gasteiger partial charge in [-0.1, -0.05) is 205 Å². The van der Waals surface area contributed by atoms with Crippen molar-refractivity contribution >= 4 is 16.3 Å². The van der Waals surface area contributed by atoms with Crippen molar-refractivity contribution in [1.82, 2.24) is 5.32 Å². The highest BCUT2D eigenvalue weighted by molar-refractivity contribution is 7.80. The quantitative estimate of drug-likeness (QED) is 0.0174. The van der Waals surface area contributed by atoms with Crippen LogP contribution < -0.4 is 5.32 Å². The molecule has 1 amide bonds. The molecule has 0 aliphatic carbocycles. The van der Waals surface area contributed by atoms with Gasteiger partial charge in [0.2, 0.25) is 5.91 Å². The van der Waals surface area contributed by atoms with Gasteiger partial charge < -0.3 is 40.3 Å². The van der Waals surface area contributed by atoms with Gasteiger partial charge in [-0.25, -0.2) is 4.18 Å². The zero-order chi connectivity index (χ0) is 45.7. The fourth-order valence-corrected chi connectivity index (χ4v) is 8.40. The van der Waals surface area contributed by atoms with Gasteiger partial charge in [0.05, 0.1) is 25.4 Å². The van der Waals surface area contributed by atoms with Crippen LogP contribution >= 0.6 is 0 Å². The monoisotopic (exact) mass is 906 g/mol. The van der Waals surface area contributed by atoms with E-state index in [1.165, 1.54) is 147 Å². The molecule has 0 aromatic rings. The van der Waals surface area contributed by atoms with E-state index in [0.717, 1.165) is 38.5 Å². The van der Waals surface area contributed by atoms with Gasteiger partial charge in [-0.3, -0.25) is 9.35 Å². The van der Waals surface area contributed by atoms with Gasteiger partial charge in [0.1, 0.15) is 30.5 Å². The van der Waals surface area contributed by atoms with Crippen LogP contribution in [0, 0.1) is 0 Å². The molecule has 0 aromatic heterocycles. The average Bonchev–Trinajstić information content (AvgIpc) is 3.24. The summed E-state index contributed by atoms with van der Waals surface area (Å²) in [4.78, 5) is 13.1. The number of rotatable bonds is 42. The largest absolute Gasteiger partial charge is 0.397 e. The van der Waals surface area contributed by atoms with Crippen LogP contribution in [0.2, 0.25) is 0 Å². The summed E-state index contributed by atoms with van der Waals surface area (Å²) >= 11 is 0. The number of hydrogen-bond acceptors (Lipinski definition) is 11. The normalized spacial score (nSPS) is 21.2. The van der Waals surface area contributed by atoms with Crippen LogP contribution in [-0.2, 0) is 28.9 Å². The number of ether oxygens (including phenoxy) is 2. The molecule has 8 unspecified atom stereocenters. The molecule has 13 nitrogen and oxygen atoms in total. The van der Waals surface area contributed by atoms with Crippen LogP contribution in [0.3, 0.4) is 0 Å². The Morgan fingerprint density at radius 3 is 1.55 bits per heavy atom. The minimum atomic E-state index is -5.12. The molecule has 366 valence electrons. The Kier molecular flexibility index (Phi) is 36.6. The summed E-state index contributed by atoms with van der Waals surface area (Å²) < 4.78 is 47.5. The van der Waals surface area contributed by atoms with E-state index in [1.54, 1.807) is 6.08 Å². The van der Waals surface area contributed by atoms with Crippen molar-refractivity contribution < 1.29 is 57.0 Å². The molecule has 1 rings (SSSR count). The molecule has 1 fully saturated rings. The first-order valence-electron chi connectivity index (χ1n) is 24.8. The van der Waals surface area contributed by atoms with Crippen molar-refractivity contribution in [2.75, 3.05) is 13.2 Å². The Balaban J connectivity index is 2.48. The number of carbonyl (C=O) groups excluding carboxylic acids is 1. The molecule has 0 aromatic carbocycles. The van der Waals surface area contributed by atoms with Crippen molar-refractivity contribution in [3.63, 3.8) is 0 Å². The lowest BCUT2D eigenvalue weighted by molar-refractivity contribution is -0.298. The second-order valence-electron chi connectivity index (χ2n) is 17.5. The third-order valence-electron chi connectivity index (χ3n) is 11.8. The molecule has 1 heterocycles. The number of aliphatic hydroxyl groups excluding tert-OH is 5. The third kappa shape index (κ3) is 30.6. The molecule has 62 heavy (non-hydrogen) atoms. The van der Waals surface area contributed by atoms with Crippen molar-refractivity contribution in [3.8, 4) is 0 Å². The highest BCUT2D eigenvalue weighted by atomic mass is 32.3. The molecule has 8 atom stereocenters. The SMILES string of the molecule is CCCCCCCC/C=C/CC/C=C/C(O)C(COC1OC(CO)C(O)C(OS(=O)(=O)O)C1O)NC(=O)C(O)CCCCCCCCCCCCCCCCCCCCCCC. The second kappa shape index (κ2) is 38.8. The van der Waals surface area contributed by atoms with Crippen LogP contribution in [0.4, 0.5) is 0 Å². The summed E-state index contributed by atoms with van der Waals surface area (Å²) in [6, 6.07) is -1.13. The highest BCUT2D eigenvalue weighted by Crippen LogP contribution is 2.26. The number of carbonyl (C=O) groups is 1. The van der Waals surface area contributed by atoms with Gasteiger partial charge in [-0.2, -0.15) is 8.42 Å². The van der Waals surface area contributed by atoms with Crippen LogP contribution in [-0.4, -0.2) is 107 Å². The Bertz CT molecular complexity index is 1220. The van der Waals surface area contributed by atoms with Crippen LogP contribution in [0.15, 0.2) is 24.3 Å². The van der Waals surface area contributed by atoms with E-state index in [-0.39, 0.29) is 6.42 Å². The van der Waals surface area contributed by atoms with E-state index in [1.807, 2.05) is 0 Å². The maximum atomic E-state index is 13.1. The van der Waals surface area contributed by atoms with Crippen LogP contribution in [0.5, 0.6) is 0 Å². The summed E-state index contributed by atoms with van der Waals surface area (Å²) in [5.41, 5.74) is 0. The predicted octanol–water partition coefficient (Wildman–Crippen LogP) is 9.08. The van der Waals surface area contributed by atoms with Crippen molar-refractivity contribution in [2.45, 2.75) is 262 Å². The van der Waals surface area contributed by atoms with Gasteiger partial charge in [0.25, 0.3) is 0 Å². The molecule has 7 N–H and O–H groups in total. The summed E-state index contributed by atoms with van der Waals surface area (Å²) in [5.74, 6) is -0.710. The van der Waals surface area contributed by atoms with E-state index in [2.05, 4.69) is 35.5 Å². The van der Waals surface area contributed by atoms with Gasteiger partial charge in [-0.05, 0) is 32.1 Å². The van der Waals surface area contributed by atoms with Crippen molar-refractivity contribution in [2.24, 2.45) is 0 Å². The number of aliphatic hydroxyl groups is 5. The Morgan fingerprint density at radius 2 is 1.08 bits per heavy atom. The van der Waals surface area contributed by atoms with Crippen molar-refractivity contribution in [1.29, 1.82) is 0 Å². The molecule has 1 aliphatic heterocycles. The summed E-state index contributed by atoms with van der Waals surface area (Å²) in [5, 5.41) is 55.2. The first-order chi connectivity index (χ1) is 29.9. The first kappa shape index (κ1) is 58.6. The third-order valence-corrected chi connectivity index (χ3v) is 12.3. The molecule has 1 saturated heterocycles. The van der Waals surface area contributed by atoms with Gasteiger partial charge >= 0.3 is 10.4 Å². The Labute approximate surface area is 376 Å². The average molecular weight is 906 g/mol. The molecule has 0 bridgehead atoms. The standard InChI is InChI=1S/C48H91NO12S/c1-3-5-7-9-11-13-15-17-18-19-20-21-22-23-24-25-27-29-31-33-35-37-42(52)47(55)49-40(41(51)36-34-32-30-28-26-16-14-12-10-8-6-4-2)39-59-48-45(54)46(61-62(56,57)58)44(53)43(38-50)60-48/h26,28,34,36,40-46,48,50-54H,3-25,27,29-33,35,37-39H2,1-2H3,(H,49,55)(H,56,57,58)/b28-26+,36-34+. The smallest absolute Gasteiger partial charge is 0.394 e. The summed E-state index contributed by atoms with van der Waals surface area (Å²) in [6.45, 7) is 3.19. The molecule has 0 saturated carbocycles. The molecular weight excluding hydrogens is 815 g/mol. The fraction of sp³-hybridized carbons (Fsp3) is 0.896. The second-order valence-corrected chi connectivity index (χ2v) is 18.6. The van der Waals surface area contributed by atoms with E-state index >= 15 is 0 Å². The first-order valence-corrected chi connectivity index (χ1v) is 26.2. The number of amides is 1. The number of allylic oxidation sites excluding steroid dienone is 3. The van der Waals surface area contributed by atoms with E-state index in [4.69, 9.17) is 9.47 Å². The van der Waals surface area contributed by atoms with Gasteiger partial charge in [-0.15, -0.1) is 0 Å². The molecular formula is C48H91NO12S. The fourth-order valence-electron chi connectivity index (χ4n) is 7.89. The van der Waals surface area contributed by atoms with E-state index in [0.29, 0.717) is 12.8 Å². The lowest BCUT2D eigenvalue weighted by Gasteiger charge is -2.41. The minimum Gasteiger partial charge on any atom is -0.394 e. The van der Waals surface area contributed by atoms with Crippen LogP contribution in [0.1, 0.15) is 213 Å². The highest BCUT2D eigenvalue weighted by Gasteiger charge is 2.48. The maximum Gasteiger partial charge on any atom is 0.397 e. The van der Waals surface area contributed by atoms with Crippen molar-refractivity contribution in [3.05, 3.63) is 24.3 Å². The molecule has 0 spiro atoms. The Morgan fingerprint density at radius 1 is 0.645 bits per heavy atom. The molecule has 14 heteroatoms. The lowest BCUT2D eigenvalue weighted by Crippen LogP contribution is -2.61. The van der Waals surface area contributed by atoms with Crippen LogP contribution in [0.25, 0.3) is 0 Å². The Hall–Kier alpha value is -1.46. The van der Waals surface area contributed by atoms with E-state index in [9.17, 15) is 43.3 Å². The maximum absolute atomic E-state index is 13.1. The van der Waals surface area contributed by atoms with Gasteiger partial charge in [0, 0.05) is 0 Å². The minimum absolute atomic E-state index is 0.241.